The maximum absolute atomic E-state index is 12.7. The second-order valence-electron chi connectivity index (χ2n) is 6.90. The molecule has 0 saturated carbocycles. The molecule has 2 N–H and O–H groups in total. The highest BCUT2D eigenvalue weighted by atomic mass is 16.6. The van der Waals surface area contributed by atoms with Crippen molar-refractivity contribution in [3.8, 4) is 0 Å². The monoisotopic (exact) mass is 379 g/mol. The number of nitrogens with zero attached hydrogens (tertiary/aromatic N) is 2. The number of nitro groups is 1. The summed E-state index contributed by atoms with van der Waals surface area (Å²) >= 11 is 0. The highest BCUT2D eigenvalue weighted by molar-refractivity contribution is 6.02. The molecule has 1 heterocycles. The van der Waals surface area contributed by atoms with Gasteiger partial charge in [0.15, 0.2) is 0 Å². The van der Waals surface area contributed by atoms with Crippen LogP contribution in [0.3, 0.4) is 0 Å². The SMILES string of the molecule is CC(C)CC(CNC(=O)c1cccc([N+](=O)[O-])c1N1CCOCC1)C(=O)O. The fourth-order valence-electron chi connectivity index (χ4n) is 3.13. The maximum Gasteiger partial charge on any atom is 0.308 e. The molecule has 148 valence electrons. The van der Waals surface area contributed by atoms with Crippen LogP contribution in [0.4, 0.5) is 11.4 Å². The molecule has 0 spiro atoms. The molecule has 1 atom stereocenters. The smallest absolute Gasteiger partial charge is 0.308 e. The third-order valence-corrected chi connectivity index (χ3v) is 4.40. The number of carbonyl (C=O) groups excluding carboxylic acids is 1. The molecule has 1 aliphatic heterocycles. The number of nitro benzene ring substituents is 1. The Morgan fingerprint density at radius 1 is 1.33 bits per heavy atom. The lowest BCUT2D eigenvalue weighted by Crippen LogP contribution is -2.39. The number of aliphatic carboxylic acids is 1. The van der Waals surface area contributed by atoms with E-state index in [0.29, 0.717) is 32.7 Å². The number of amides is 1. The zero-order valence-corrected chi connectivity index (χ0v) is 15.5. The van der Waals surface area contributed by atoms with Crippen LogP contribution in [0.25, 0.3) is 0 Å². The van der Waals surface area contributed by atoms with Crippen LogP contribution in [-0.4, -0.2) is 54.8 Å². The zero-order chi connectivity index (χ0) is 20.0. The normalized spacial score (nSPS) is 15.4. The van der Waals surface area contributed by atoms with Crippen LogP contribution in [0.5, 0.6) is 0 Å². The number of carbonyl (C=O) groups is 2. The minimum atomic E-state index is -0.976. The molecule has 1 aliphatic rings. The summed E-state index contributed by atoms with van der Waals surface area (Å²) in [5.41, 5.74) is 0.264. The lowest BCUT2D eigenvalue weighted by molar-refractivity contribution is -0.384. The van der Waals surface area contributed by atoms with Crippen LogP contribution in [0.1, 0.15) is 30.6 Å². The third-order valence-electron chi connectivity index (χ3n) is 4.40. The summed E-state index contributed by atoms with van der Waals surface area (Å²) in [5.74, 6) is -2.03. The Balaban J connectivity index is 2.25. The average molecular weight is 379 g/mol. The number of carboxylic acid groups (broad SMARTS) is 1. The van der Waals surface area contributed by atoms with Gasteiger partial charge in [-0.1, -0.05) is 19.9 Å². The van der Waals surface area contributed by atoms with Crippen molar-refractivity contribution in [3.63, 3.8) is 0 Å². The lowest BCUT2D eigenvalue weighted by Gasteiger charge is -2.30. The summed E-state index contributed by atoms with van der Waals surface area (Å²) in [6, 6.07) is 4.34. The van der Waals surface area contributed by atoms with E-state index < -0.39 is 22.7 Å². The number of carboxylic acids is 1. The van der Waals surface area contributed by atoms with Crippen LogP contribution in [-0.2, 0) is 9.53 Å². The van der Waals surface area contributed by atoms with E-state index in [4.69, 9.17) is 4.74 Å². The van der Waals surface area contributed by atoms with Gasteiger partial charge >= 0.3 is 5.97 Å². The standard InChI is InChI=1S/C18H25N3O6/c1-12(2)10-13(18(23)24)11-19-17(22)14-4-3-5-15(21(25)26)16(14)20-6-8-27-9-7-20/h3-5,12-13H,6-11H2,1-2H3,(H,19,22)(H,23,24). The molecule has 9 nitrogen and oxygen atoms in total. The van der Waals surface area contributed by atoms with Gasteiger partial charge in [0.25, 0.3) is 11.6 Å². The van der Waals surface area contributed by atoms with Crippen LogP contribution in [0.2, 0.25) is 0 Å². The van der Waals surface area contributed by atoms with Crippen LogP contribution in [0, 0.1) is 22.0 Å². The number of ether oxygens (including phenoxy) is 1. The summed E-state index contributed by atoms with van der Waals surface area (Å²) in [4.78, 5) is 36.8. The molecule has 0 radical (unpaired) electrons. The number of morpholine rings is 1. The Morgan fingerprint density at radius 3 is 2.56 bits per heavy atom. The lowest BCUT2D eigenvalue weighted by atomic mass is 9.97. The van der Waals surface area contributed by atoms with Gasteiger partial charge in [0.05, 0.1) is 29.6 Å². The van der Waals surface area contributed by atoms with Crippen molar-refractivity contribution in [1.29, 1.82) is 0 Å². The predicted molar refractivity (Wildman–Crippen MR) is 99.0 cm³/mol. The van der Waals surface area contributed by atoms with Gasteiger partial charge in [0.1, 0.15) is 5.69 Å². The summed E-state index contributed by atoms with van der Waals surface area (Å²) < 4.78 is 5.29. The van der Waals surface area contributed by atoms with Crippen LogP contribution in [0.15, 0.2) is 18.2 Å². The number of hydrogen-bond donors (Lipinski definition) is 2. The largest absolute Gasteiger partial charge is 0.481 e. The van der Waals surface area contributed by atoms with E-state index in [-0.39, 0.29) is 29.4 Å². The predicted octanol–water partition coefficient (Wildman–Crippen LogP) is 1.91. The molecular weight excluding hydrogens is 354 g/mol. The van der Waals surface area contributed by atoms with E-state index >= 15 is 0 Å². The average Bonchev–Trinajstić information content (AvgIpc) is 2.64. The number of rotatable bonds is 8. The second kappa shape index (κ2) is 9.31. The van der Waals surface area contributed by atoms with Gasteiger partial charge in [-0.3, -0.25) is 19.7 Å². The molecule has 1 saturated heterocycles. The van der Waals surface area contributed by atoms with Gasteiger partial charge in [-0.2, -0.15) is 0 Å². The highest BCUT2D eigenvalue weighted by Gasteiger charge is 2.28. The summed E-state index contributed by atoms with van der Waals surface area (Å²) in [5, 5.41) is 23.4. The van der Waals surface area contributed by atoms with Crippen molar-refractivity contribution < 1.29 is 24.4 Å². The first-order valence-electron chi connectivity index (χ1n) is 8.92. The van der Waals surface area contributed by atoms with Gasteiger partial charge in [-0.05, 0) is 18.4 Å². The fourth-order valence-corrected chi connectivity index (χ4v) is 3.13. The van der Waals surface area contributed by atoms with E-state index in [0.717, 1.165) is 0 Å². The number of benzene rings is 1. The van der Waals surface area contributed by atoms with Crippen LogP contribution < -0.4 is 10.2 Å². The molecule has 1 aromatic rings. The second-order valence-corrected chi connectivity index (χ2v) is 6.90. The summed E-state index contributed by atoms with van der Waals surface area (Å²) in [7, 11) is 0. The molecule has 1 aromatic carbocycles. The summed E-state index contributed by atoms with van der Waals surface area (Å²) in [6.07, 6.45) is 0.431. The first-order valence-corrected chi connectivity index (χ1v) is 8.92. The first kappa shape index (κ1) is 20.6. The van der Waals surface area contributed by atoms with E-state index in [9.17, 15) is 24.8 Å². The molecule has 0 aromatic heterocycles. The number of anilines is 1. The molecule has 9 heteroatoms. The Hall–Kier alpha value is -2.68. The van der Waals surface area contributed by atoms with E-state index in [1.54, 1.807) is 4.90 Å². The van der Waals surface area contributed by atoms with Crippen molar-refractivity contribution in [1.82, 2.24) is 5.32 Å². The fraction of sp³-hybridized carbons (Fsp3) is 0.556. The first-order chi connectivity index (χ1) is 12.8. The van der Waals surface area contributed by atoms with E-state index in [2.05, 4.69) is 5.32 Å². The molecule has 0 aliphatic carbocycles. The van der Waals surface area contributed by atoms with Crippen molar-refractivity contribution in [3.05, 3.63) is 33.9 Å². The van der Waals surface area contributed by atoms with E-state index in [1.165, 1.54) is 18.2 Å². The van der Waals surface area contributed by atoms with Gasteiger partial charge in [0.2, 0.25) is 0 Å². The quantitative estimate of drug-likeness (QED) is 0.522. The molecule has 27 heavy (non-hydrogen) atoms. The maximum atomic E-state index is 12.7. The van der Waals surface area contributed by atoms with Crippen molar-refractivity contribution >= 4 is 23.3 Å². The Labute approximate surface area is 157 Å². The topological polar surface area (TPSA) is 122 Å². The number of hydrogen-bond acceptors (Lipinski definition) is 6. The Morgan fingerprint density at radius 2 is 2.00 bits per heavy atom. The van der Waals surface area contributed by atoms with Crippen molar-refractivity contribution in [2.75, 3.05) is 37.7 Å². The minimum Gasteiger partial charge on any atom is -0.481 e. The van der Waals surface area contributed by atoms with E-state index in [1.807, 2.05) is 13.8 Å². The Bertz CT molecular complexity index is 700. The molecule has 2 rings (SSSR count). The van der Waals surface area contributed by atoms with Gasteiger partial charge < -0.3 is 20.1 Å². The van der Waals surface area contributed by atoms with Gasteiger partial charge in [0, 0.05) is 25.7 Å². The molecule has 1 amide bonds. The van der Waals surface area contributed by atoms with Crippen molar-refractivity contribution in [2.45, 2.75) is 20.3 Å². The third kappa shape index (κ3) is 5.40. The molecular formula is C18H25N3O6. The molecule has 0 bridgehead atoms. The van der Waals surface area contributed by atoms with Gasteiger partial charge in [-0.25, -0.2) is 0 Å². The zero-order valence-electron chi connectivity index (χ0n) is 15.5. The van der Waals surface area contributed by atoms with Crippen LogP contribution >= 0.6 is 0 Å². The highest BCUT2D eigenvalue weighted by Crippen LogP contribution is 2.32. The van der Waals surface area contributed by atoms with Gasteiger partial charge in [-0.15, -0.1) is 0 Å². The minimum absolute atomic E-state index is 0.0302. The number of nitrogens with one attached hydrogen (secondary N) is 1. The molecule has 1 fully saturated rings. The van der Waals surface area contributed by atoms with Crippen molar-refractivity contribution in [2.24, 2.45) is 11.8 Å². The summed E-state index contributed by atoms with van der Waals surface area (Å²) in [6.45, 7) is 5.51. The Kier molecular flexibility index (Phi) is 7.12. The number of para-hydroxylation sites is 1. The molecule has 1 unspecified atom stereocenters.